The Hall–Kier alpha value is -2.66. The van der Waals surface area contributed by atoms with Crippen LogP contribution in [0.25, 0.3) is 10.6 Å². The number of carbonyl (C=O) groups excluding carboxylic acids is 1. The van der Waals surface area contributed by atoms with E-state index in [4.69, 9.17) is 4.74 Å². The topological polar surface area (TPSA) is 42.4 Å². The predicted octanol–water partition coefficient (Wildman–Crippen LogP) is 4.80. The summed E-state index contributed by atoms with van der Waals surface area (Å²) in [5.41, 5.74) is 2.73. The molecule has 1 atom stereocenters. The molecule has 0 N–H and O–H groups in total. The lowest BCUT2D eigenvalue weighted by molar-refractivity contribution is 0.0730. The number of methoxy groups -OCH3 is 1. The number of likely N-dealkylation sites (tertiary alicyclic amines) is 1. The summed E-state index contributed by atoms with van der Waals surface area (Å²) in [6.07, 6.45) is 1.99. The molecule has 3 aromatic rings. The lowest BCUT2D eigenvalue weighted by Gasteiger charge is -2.24. The van der Waals surface area contributed by atoms with Crippen LogP contribution in [-0.4, -0.2) is 29.4 Å². The van der Waals surface area contributed by atoms with Crippen molar-refractivity contribution >= 4 is 17.2 Å². The van der Waals surface area contributed by atoms with Crippen LogP contribution in [0.2, 0.25) is 0 Å². The normalized spacial score (nSPS) is 16.7. The first-order chi connectivity index (χ1) is 12.8. The molecule has 0 saturated carbocycles. The summed E-state index contributed by atoms with van der Waals surface area (Å²) in [6.45, 7) is 0.772. The molecular formula is C21H20N2O2S. The monoisotopic (exact) mass is 364 g/mol. The number of thiazole rings is 1. The minimum Gasteiger partial charge on any atom is -0.497 e. The van der Waals surface area contributed by atoms with Gasteiger partial charge in [0.25, 0.3) is 5.91 Å². The van der Waals surface area contributed by atoms with Gasteiger partial charge in [0.2, 0.25) is 0 Å². The number of aromatic nitrogens is 1. The number of ether oxygens (including phenoxy) is 1. The lowest BCUT2D eigenvalue weighted by Crippen LogP contribution is -2.30. The number of carbonyl (C=O) groups is 1. The van der Waals surface area contributed by atoms with Crippen LogP contribution in [0, 0.1) is 0 Å². The summed E-state index contributed by atoms with van der Waals surface area (Å²) in [6, 6.07) is 18.1. The van der Waals surface area contributed by atoms with E-state index in [-0.39, 0.29) is 11.9 Å². The van der Waals surface area contributed by atoms with Crippen molar-refractivity contribution in [1.82, 2.24) is 9.88 Å². The van der Waals surface area contributed by atoms with E-state index < -0.39 is 0 Å². The highest BCUT2D eigenvalue weighted by Gasteiger charge is 2.31. The van der Waals surface area contributed by atoms with E-state index >= 15 is 0 Å². The Morgan fingerprint density at radius 1 is 1.15 bits per heavy atom. The highest BCUT2D eigenvalue weighted by molar-refractivity contribution is 7.13. The van der Waals surface area contributed by atoms with Gasteiger partial charge in [0, 0.05) is 17.5 Å². The maximum absolute atomic E-state index is 13.0. The fourth-order valence-electron chi connectivity index (χ4n) is 3.41. The van der Waals surface area contributed by atoms with Crippen LogP contribution in [0.15, 0.2) is 60.0 Å². The van der Waals surface area contributed by atoms with E-state index in [9.17, 15) is 4.79 Å². The molecule has 0 bridgehead atoms. The molecule has 2 heterocycles. The highest BCUT2D eigenvalue weighted by Crippen LogP contribution is 2.34. The Kier molecular flexibility index (Phi) is 4.71. The molecule has 2 aromatic carbocycles. The van der Waals surface area contributed by atoms with E-state index in [0.717, 1.165) is 41.3 Å². The second-order valence-corrected chi connectivity index (χ2v) is 7.19. The van der Waals surface area contributed by atoms with Crippen molar-refractivity contribution in [2.24, 2.45) is 0 Å². The molecule has 0 spiro atoms. The van der Waals surface area contributed by atoms with Crippen LogP contribution in [0.5, 0.6) is 5.75 Å². The van der Waals surface area contributed by atoms with Crippen LogP contribution in [-0.2, 0) is 0 Å². The van der Waals surface area contributed by atoms with Gasteiger partial charge in [0.05, 0.1) is 13.2 Å². The maximum atomic E-state index is 13.0. The maximum Gasteiger partial charge on any atom is 0.273 e. The molecule has 1 aliphatic heterocycles. The molecule has 1 aliphatic rings. The number of amides is 1. The van der Waals surface area contributed by atoms with Crippen molar-refractivity contribution < 1.29 is 9.53 Å². The average molecular weight is 364 g/mol. The molecule has 1 fully saturated rings. The molecule has 132 valence electrons. The van der Waals surface area contributed by atoms with Crippen molar-refractivity contribution in [3.63, 3.8) is 0 Å². The van der Waals surface area contributed by atoms with Gasteiger partial charge >= 0.3 is 0 Å². The van der Waals surface area contributed by atoms with Crippen molar-refractivity contribution in [2.45, 2.75) is 18.9 Å². The van der Waals surface area contributed by atoms with Crippen LogP contribution >= 0.6 is 11.3 Å². The number of rotatable bonds is 4. The summed E-state index contributed by atoms with van der Waals surface area (Å²) in [5, 5.41) is 2.75. The van der Waals surface area contributed by atoms with Gasteiger partial charge in [-0.25, -0.2) is 4.98 Å². The Morgan fingerprint density at radius 3 is 2.65 bits per heavy atom. The number of hydrogen-bond acceptors (Lipinski definition) is 4. The molecule has 1 saturated heterocycles. The van der Waals surface area contributed by atoms with Crippen LogP contribution in [0.3, 0.4) is 0 Å². The Labute approximate surface area is 157 Å². The zero-order chi connectivity index (χ0) is 17.9. The van der Waals surface area contributed by atoms with E-state index in [0.29, 0.717) is 5.69 Å². The lowest BCUT2D eigenvalue weighted by atomic mass is 10.0. The summed E-state index contributed by atoms with van der Waals surface area (Å²) >= 11 is 1.52. The smallest absolute Gasteiger partial charge is 0.273 e. The first-order valence-corrected chi connectivity index (χ1v) is 9.60. The molecule has 1 unspecified atom stereocenters. The summed E-state index contributed by atoms with van der Waals surface area (Å²) in [5.74, 6) is 0.846. The van der Waals surface area contributed by atoms with Crippen molar-refractivity contribution in [1.29, 1.82) is 0 Å². The number of benzene rings is 2. The zero-order valence-corrected chi connectivity index (χ0v) is 15.4. The zero-order valence-electron chi connectivity index (χ0n) is 14.6. The van der Waals surface area contributed by atoms with Gasteiger partial charge in [-0.15, -0.1) is 11.3 Å². The molecule has 4 nitrogen and oxygen atoms in total. The minimum atomic E-state index is 0.0155. The fraction of sp³-hybridized carbons (Fsp3) is 0.238. The van der Waals surface area contributed by atoms with E-state index in [1.165, 1.54) is 11.3 Å². The molecule has 5 heteroatoms. The standard InChI is InChI=1S/C21H20N2O2S/c1-25-17-11-9-15(10-12-17)19-8-5-13-23(19)21(24)18-14-26-20(22-18)16-6-3-2-4-7-16/h2-4,6-7,9-12,14,19H,5,8,13H2,1H3. The summed E-state index contributed by atoms with van der Waals surface area (Å²) in [4.78, 5) is 19.6. The molecule has 1 aromatic heterocycles. The second kappa shape index (κ2) is 7.30. The van der Waals surface area contributed by atoms with Gasteiger partial charge in [-0.3, -0.25) is 4.79 Å². The SMILES string of the molecule is COc1ccc(C2CCCN2C(=O)c2csc(-c3ccccc3)n2)cc1. The van der Waals surface area contributed by atoms with E-state index in [1.807, 2.05) is 64.9 Å². The summed E-state index contributed by atoms with van der Waals surface area (Å²) < 4.78 is 5.23. The highest BCUT2D eigenvalue weighted by atomic mass is 32.1. The van der Waals surface area contributed by atoms with Crippen molar-refractivity contribution in [3.05, 3.63) is 71.2 Å². The van der Waals surface area contributed by atoms with Crippen molar-refractivity contribution in [2.75, 3.05) is 13.7 Å². The fourth-order valence-corrected chi connectivity index (χ4v) is 4.21. The number of nitrogens with zero attached hydrogens (tertiary/aromatic N) is 2. The van der Waals surface area contributed by atoms with Crippen LogP contribution < -0.4 is 4.74 Å². The van der Waals surface area contributed by atoms with Gasteiger partial charge in [-0.05, 0) is 30.5 Å². The number of hydrogen-bond donors (Lipinski definition) is 0. The molecule has 4 rings (SSSR count). The molecule has 0 aliphatic carbocycles. The van der Waals surface area contributed by atoms with E-state index in [2.05, 4.69) is 4.98 Å². The van der Waals surface area contributed by atoms with Crippen molar-refractivity contribution in [3.8, 4) is 16.3 Å². The summed E-state index contributed by atoms with van der Waals surface area (Å²) in [7, 11) is 1.66. The van der Waals surface area contributed by atoms with Crippen LogP contribution in [0.4, 0.5) is 0 Å². The first kappa shape index (κ1) is 16.8. The van der Waals surface area contributed by atoms with Gasteiger partial charge in [-0.2, -0.15) is 0 Å². The predicted molar refractivity (Wildman–Crippen MR) is 104 cm³/mol. The third-order valence-electron chi connectivity index (χ3n) is 4.76. The Morgan fingerprint density at radius 2 is 1.92 bits per heavy atom. The third kappa shape index (κ3) is 3.22. The molecule has 0 radical (unpaired) electrons. The van der Waals surface area contributed by atoms with Gasteiger partial charge < -0.3 is 9.64 Å². The Balaban J connectivity index is 1.56. The first-order valence-electron chi connectivity index (χ1n) is 8.72. The second-order valence-electron chi connectivity index (χ2n) is 6.33. The molecule has 26 heavy (non-hydrogen) atoms. The van der Waals surface area contributed by atoms with Crippen LogP contribution in [0.1, 0.15) is 34.9 Å². The largest absolute Gasteiger partial charge is 0.497 e. The third-order valence-corrected chi connectivity index (χ3v) is 5.65. The molecule has 1 amide bonds. The quantitative estimate of drug-likeness (QED) is 0.668. The van der Waals surface area contributed by atoms with Gasteiger partial charge in [0.15, 0.2) is 0 Å². The van der Waals surface area contributed by atoms with Gasteiger partial charge in [0.1, 0.15) is 16.5 Å². The average Bonchev–Trinajstić information content (AvgIpc) is 3.38. The van der Waals surface area contributed by atoms with E-state index in [1.54, 1.807) is 7.11 Å². The van der Waals surface area contributed by atoms with Gasteiger partial charge in [-0.1, -0.05) is 42.5 Å². The Bertz CT molecular complexity index is 890. The minimum absolute atomic E-state index is 0.0155. The molecular weight excluding hydrogens is 344 g/mol.